The SMILES string of the molecule is CC1C2C3=C4C2C4(C)C31. The minimum absolute atomic E-state index is 0.805. The van der Waals surface area contributed by atoms with Gasteiger partial charge in [0.25, 0.3) is 0 Å². The predicted molar refractivity (Wildman–Crippen MR) is 34.8 cm³/mol. The van der Waals surface area contributed by atoms with E-state index in [-0.39, 0.29) is 0 Å². The summed E-state index contributed by atoms with van der Waals surface area (Å²) in [6, 6.07) is 0. The first-order valence-corrected chi connectivity index (χ1v) is 4.02. The van der Waals surface area contributed by atoms with Gasteiger partial charge in [0.2, 0.25) is 0 Å². The highest BCUT2D eigenvalue weighted by Gasteiger charge is 2.89. The van der Waals surface area contributed by atoms with Crippen molar-refractivity contribution in [3.63, 3.8) is 0 Å². The first kappa shape index (κ1) is 3.80. The molecule has 0 saturated heterocycles. The molecule has 46 valence electrons. The van der Waals surface area contributed by atoms with Crippen molar-refractivity contribution in [2.24, 2.45) is 29.1 Å². The molecule has 4 rings (SSSR count). The van der Waals surface area contributed by atoms with Crippen LogP contribution in [0.15, 0.2) is 11.1 Å². The molecule has 0 spiro atoms. The fourth-order valence-corrected chi connectivity index (χ4v) is 4.28. The van der Waals surface area contributed by atoms with Crippen molar-refractivity contribution in [1.29, 1.82) is 0 Å². The van der Waals surface area contributed by atoms with E-state index in [1.165, 1.54) is 0 Å². The van der Waals surface area contributed by atoms with Crippen LogP contribution < -0.4 is 0 Å². The van der Waals surface area contributed by atoms with Crippen LogP contribution in [0.2, 0.25) is 0 Å². The van der Waals surface area contributed by atoms with E-state index in [2.05, 4.69) is 13.8 Å². The summed E-state index contributed by atoms with van der Waals surface area (Å²) >= 11 is 0. The van der Waals surface area contributed by atoms with Crippen molar-refractivity contribution in [3.8, 4) is 0 Å². The van der Waals surface area contributed by atoms with E-state index >= 15 is 0 Å². The van der Waals surface area contributed by atoms with Crippen molar-refractivity contribution in [3.05, 3.63) is 11.1 Å². The van der Waals surface area contributed by atoms with Crippen molar-refractivity contribution < 1.29 is 0 Å². The molecule has 0 N–H and O–H groups in total. The Hall–Kier alpha value is -0.260. The quantitative estimate of drug-likeness (QED) is 0.426. The normalized spacial score (nSPS) is 78.0. The van der Waals surface area contributed by atoms with Crippen LogP contribution in [0, 0.1) is 29.1 Å². The van der Waals surface area contributed by atoms with Gasteiger partial charge in [0.1, 0.15) is 0 Å². The second kappa shape index (κ2) is 0.624. The number of hydrogen-bond acceptors (Lipinski definition) is 0. The molecule has 0 radical (unpaired) electrons. The number of fused-ring (bicyclic) bond motifs is 3. The molecule has 2 fully saturated rings. The van der Waals surface area contributed by atoms with Crippen molar-refractivity contribution in [2.75, 3.05) is 0 Å². The molecule has 0 aliphatic heterocycles. The van der Waals surface area contributed by atoms with Gasteiger partial charge in [-0.15, -0.1) is 0 Å². The maximum atomic E-state index is 2.48. The van der Waals surface area contributed by atoms with E-state index in [4.69, 9.17) is 0 Å². The highest BCUT2D eigenvalue weighted by molar-refractivity contribution is 5.72. The zero-order valence-corrected chi connectivity index (χ0v) is 5.81. The van der Waals surface area contributed by atoms with Crippen LogP contribution in [0.4, 0.5) is 0 Å². The highest BCUT2D eigenvalue weighted by atomic mass is 14.9. The van der Waals surface area contributed by atoms with E-state index in [1.54, 1.807) is 0 Å². The topological polar surface area (TPSA) is 0 Å². The number of hydrogen-bond donors (Lipinski definition) is 0. The Balaban J connectivity index is 2.11. The smallest absolute Gasteiger partial charge is 0.00297 e. The zero-order valence-electron chi connectivity index (χ0n) is 5.81. The third kappa shape index (κ3) is 0.133. The first-order valence-electron chi connectivity index (χ1n) is 4.02. The van der Waals surface area contributed by atoms with Crippen LogP contribution in [0.25, 0.3) is 0 Å². The van der Waals surface area contributed by atoms with Gasteiger partial charge < -0.3 is 0 Å². The van der Waals surface area contributed by atoms with Gasteiger partial charge >= 0.3 is 0 Å². The lowest BCUT2D eigenvalue weighted by atomic mass is 9.52. The molecule has 0 heteroatoms. The molecular weight excluding hydrogens is 108 g/mol. The van der Waals surface area contributed by atoms with E-state index in [1.807, 2.05) is 11.1 Å². The first-order chi connectivity index (χ1) is 4.28. The predicted octanol–water partition coefficient (Wildman–Crippen LogP) is 1.83. The van der Waals surface area contributed by atoms with Gasteiger partial charge in [-0.3, -0.25) is 0 Å². The maximum absolute atomic E-state index is 2.48. The standard InChI is InChI=1S/C9H10/c1-3-4-5-6(3)9(2)7(4)8(5)9/h3-4,6-7H,1-2H3. The molecule has 0 nitrogen and oxygen atoms in total. The average molecular weight is 118 g/mol. The second-order valence-corrected chi connectivity index (χ2v) is 4.49. The molecule has 9 heavy (non-hydrogen) atoms. The Morgan fingerprint density at radius 3 is 2.33 bits per heavy atom. The largest absolute Gasteiger partial charge is 0.0618 e. The van der Waals surface area contributed by atoms with Crippen molar-refractivity contribution in [2.45, 2.75) is 13.8 Å². The van der Waals surface area contributed by atoms with E-state index in [9.17, 15) is 0 Å². The van der Waals surface area contributed by atoms with Crippen LogP contribution in [0.5, 0.6) is 0 Å². The third-order valence-corrected chi connectivity index (χ3v) is 4.56. The summed E-state index contributed by atoms with van der Waals surface area (Å²) in [5, 5.41) is 0. The third-order valence-electron chi connectivity index (χ3n) is 4.56. The summed E-state index contributed by atoms with van der Waals surface area (Å²) in [6.45, 7) is 4.91. The molecule has 0 bridgehead atoms. The lowest BCUT2D eigenvalue weighted by molar-refractivity contribution is 0.171. The summed E-state index contributed by atoms with van der Waals surface area (Å²) < 4.78 is 0. The Morgan fingerprint density at radius 1 is 1.33 bits per heavy atom. The summed E-state index contributed by atoms with van der Waals surface area (Å²) in [6.07, 6.45) is 0. The zero-order chi connectivity index (χ0) is 5.96. The molecule has 0 aromatic heterocycles. The molecule has 2 saturated carbocycles. The van der Waals surface area contributed by atoms with Crippen LogP contribution >= 0.6 is 0 Å². The van der Waals surface area contributed by atoms with Crippen LogP contribution in [0.1, 0.15) is 13.8 Å². The van der Waals surface area contributed by atoms with Gasteiger partial charge in [-0.05, 0) is 23.7 Å². The molecule has 0 amide bonds. The Kier molecular flexibility index (Phi) is 0.263. The highest BCUT2D eigenvalue weighted by Crippen LogP contribution is 2.96. The average Bonchev–Trinajstić information content (AvgIpc) is 2.15. The monoisotopic (exact) mass is 118 g/mol. The number of allylic oxidation sites excluding steroid dienone is 2. The van der Waals surface area contributed by atoms with Gasteiger partial charge in [-0.2, -0.15) is 0 Å². The minimum Gasteiger partial charge on any atom is -0.0618 e. The lowest BCUT2D eigenvalue weighted by Gasteiger charge is -2.52. The molecule has 5 atom stereocenters. The minimum atomic E-state index is 0.805. The summed E-state index contributed by atoms with van der Waals surface area (Å²) in [4.78, 5) is 0. The molecule has 5 unspecified atom stereocenters. The molecule has 4 aliphatic rings. The fourth-order valence-electron chi connectivity index (χ4n) is 4.28. The van der Waals surface area contributed by atoms with Gasteiger partial charge in [0, 0.05) is 5.41 Å². The van der Waals surface area contributed by atoms with Crippen LogP contribution in [-0.2, 0) is 0 Å². The van der Waals surface area contributed by atoms with Gasteiger partial charge in [-0.25, -0.2) is 0 Å². The second-order valence-electron chi connectivity index (χ2n) is 4.49. The number of rotatable bonds is 0. The van der Waals surface area contributed by atoms with Gasteiger partial charge in [0.05, 0.1) is 0 Å². The van der Waals surface area contributed by atoms with E-state index in [0.717, 1.165) is 29.1 Å². The van der Waals surface area contributed by atoms with Crippen molar-refractivity contribution >= 4 is 0 Å². The Morgan fingerprint density at radius 2 is 2.11 bits per heavy atom. The fraction of sp³-hybridized carbons (Fsp3) is 0.778. The molecule has 0 heterocycles. The van der Waals surface area contributed by atoms with Crippen LogP contribution in [0.3, 0.4) is 0 Å². The Labute approximate surface area is 54.9 Å². The molecule has 4 aliphatic carbocycles. The maximum Gasteiger partial charge on any atom is 0.00297 e. The van der Waals surface area contributed by atoms with Crippen LogP contribution in [-0.4, -0.2) is 0 Å². The lowest BCUT2D eigenvalue weighted by Crippen LogP contribution is -2.44. The molecule has 0 aromatic carbocycles. The molecule has 0 aromatic rings. The molecular formula is C9H10. The Bertz CT molecular complexity index is 274. The summed E-state index contributed by atoms with van der Waals surface area (Å²) in [7, 11) is 0. The summed E-state index contributed by atoms with van der Waals surface area (Å²) in [5.41, 5.74) is 4.62. The van der Waals surface area contributed by atoms with Gasteiger partial charge in [-0.1, -0.05) is 25.0 Å². The summed E-state index contributed by atoms with van der Waals surface area (Å²) in [5.74, 6) is 4.39. The van der Waals surface area contributed by atoms with E-state index in [0.29, 0.717) is 0 Å². The van der Waals surface area contributed by atoms with Crippen molar-refractivity contribution in [1.82, 2.24) is 0 Å². The van der Waals surface area contributed by atoms with Gasteiger partial charge in [0.15, 0.2) is 0 Å². The van der Waals surface area contributed by atoms with E-state index < -0.39 is 0 Å².